The molecule has 3 atom stereocenters. The van der Waals surface area contributed by atoms with E-state index in [1.165, 1.54) is 0 Å². The highest BCUT2D eigenvalue weighted by Gasteiger charge is 2.49. The Bertz CT molecular complexity index is 1010. The molecule has 30 heavy (non-hydrogen) atoms. The zero-order chi connectivity index (χ0) is 20.7. The van der Waals surface area contributed by atoms with Crippen LogP contribution in [-0.2, 0) is 13.6 Å². The average Bonchev–Trinajstić information content (AvgIpc) is 3.53. The molecule has 2 aliphatic heterocycles. The lowest BCUT2D eigenvalue weighted by Gasteiger charge is -2.30. The summed E-state index contributed by atoms with van der Waals surface area (Å²) >= 11 is 0. The van der Waals surface area contributed by atoms with E-state index in [0.29, 0.717) is 17.5 Å². The number of likely N-dealkylation sites (tertiary alicyclic amines) is 2. The molecule has 0 unspecified atom stereocenters. The number of rotatable bonds is 5. The first-order valence-corrected chi connectivity index (χ1v) is 10.3. The van der Waals surface area contributed by atoms with Crippen molar-refractivity contribution < 1.29 is 9.53 Å². The molecular weight excluding hydrogens is 380 g/mol. The number of methoxy groups -OCH3 is 1. The van der Waals surface area contributed by atoms with Gasteiger partial charge in [0.15, 0.2) is 0 Å². The molecule has 2 fully saturated rings. The molecule has 156 valence electrons. The first-order chi connectivity index (χ1) is 14.6. The molecule has 3 aromatic rings. The van der Waals surface area contributed by atoms with Gasteiger partial charge >= 0.3 is 0 Å². The Morgan fingerprint density at radius 2 is 2.03 bits per heavy atom. The Balaban J connectivity index is 1.43. The molecule has 0 radical (unpaired) electrons. The molecule has 0 saturated carbocycles. The molecule has 1 amide bonds. The molecule has 1 aromatic carbocycles. The van der Waals surface area contributed by atoms with Gasteiger partial charge in [0.05, 0.1) is 19.5 Å². The Labute approximate surface area is 175 Å². The monoisotopic (exact) mass is 406 g/mol. The number of hydrogen-bond donors (Lipinski definition) is 1. The fourth-order valence-corrected chi connectivity index (χ4v) is 5.05. The van der Waals surface area contributed by atoms with Crippen LogP contribution in [0.25, 0.3) is 0 Å². The maximum Gasteiger partial charge on any atom is 0.272 e. The predicted octanol–water partition coefficient (Wildman–Crippen LogP) is 2.10. The van der Waals surface area contributed by atoms with Gasteiger partial charge in [0.2, 0.25) is 0 Å². The zero-order valence-electron chi connectivity index (χ0n) is 17.2. The number of hydrogen-bond acceptors (Lipinski definition) is 5. The first kappa shape index (κ1) is 18.9. The number of aryl methyl sites for hydroxylation is 1. The first-order valence-electron chi connectivity index (χ1n) is 10.3. The quantitative estimate of drug-likeness (QED) is 0.702. The highest BCUT2D eigenvalue weighted by atomic mass is 16.5. The molecule has 2 saturated heterocycles. The van der Waals surface area contributed by atoms with Crippen LogP contribution in [0.3, 0.4) is 0 Å². The smallest absolute Gasteiger partial charge is 0.272 e. The molecule has 1 N–H and O–H groups in total. The number of ether oxygens (including phenoxy) is 1. The van der Waals surface area contributed by atoms with Crippen LogP contribution in [-0.4, -0.2) is 62.2 Å². The van der Waals surface area contributed by atoms with Crippen molar-refractivity contribution in [2.45, 2.75) is 12.6 Å². The second-order valence-corrected chi connectivity index (χ2v) is 8.21. The van der Waals surface area contributed by atoms with E-state index in [-0.39, 0.29) is 11.9 Å². The molecule has 5 rings (SSSR count). The van der Waals surface area contributed by atoms with Gasteiger partial charge in [0.25, 0.3) is 5.91 Å². The number of fused-ring (bicyclic) bond motifs is 1. The van der Waals surface area contributed by atoms with E-state index in [1.807, 2.05) is 30.3 Å². The van der Waals surface area contributed by atoms with E-state index < -0.39 is 0 Å². The Hall–Kier alpha value is -3.13. The Morgan fingerprint density at radius 1 is 1.20 bits per heavy atom. The lowest BCUT2D eigenvalue weighted by atomic mass is 9.89. The van der Waals surface area contributed by atoms with E-state index >= 15 is 0 Å². The number of benzene rings is 1. The lowest BCUT2D eigenvalue weighted by molar-refractivity contribution is 0.0688. The highest BCUT2D eigenvalue weighted by molar-refractivity contribution is 5.93. The Morgan fingerprint density at radius 3 is 2.70 bits per heavy atom. The number of H-pyrrole nitrogens is 1. The number of carbonyl (C=O) groups is 1. The van der Waals surface area contributed by atoms with Crippen molar-refractivity contribution in [2.75, 3.05) is 26.7 Å². The van der Waals surface area contributed by atoms with E-state index in [4.69, 9.17) is 4.74 Å². The summed E-state index contributed by atoms with van der Waals surface area (Å²) in [5, 5.41) is 4.19. The number of imidazole rings is 1. The summed E-state index contributed by atoms with van der Waals surface area (Å²) in [6.45, 7) is 3.55. The summed E-state index contributed by atoms with van der Waals surface area (Å²) in [6.07, 6.45) is 5.28. The number of aromatic amines is 1. The maximum atomic E-state index is 13.4. The van der Waals surface area contributed by atoms with E-state index in [0.717, 1.165) is 43.2 Å². The number of amides is 1. The Kier molecular flexibility index (Phi) is 4.78. The SMILES string of the molecule is COc1ccc([C@H]2[C@H]3CN(Cc4cnc[nH]4)C[C@H]3CN2C(=O)c2ccnn2C)cc1. The molecule has 0 aliphatic carbocycles. The minimum Gasteiger partial charge on any atom is -0.497 e. The second kappa shape index (κ2) is 7.60. The van der Waals surface area contributed by atoms with Crippen LogP contribution in [0.4, 0.5) is 0 Å². The zero-order valence-corrected chi connectivity index (χ0v) is 17.2. The van der Waals surface area contributed by atoms with Crippen LogP contribution in [0.1, 0.15) is 27.8 Å². The third kappa shape index (κ3) is 3.27. The normalized spacial score (nSPS) is 23.7. The standard InChI is InChI=1S/C22H26N6O2/c1-26-20(7-8-25-26)22(29)28-11-16-10-27(12-17-9-23-14-24-17)13-19(16)21(28)15-3-5-18(30-2)6-4-15/h3-9,14,16,19,21H,10-13H2,1-2H3,(H,23,24)/t16-,19-,21-/m0/s1. The molecule has 0 bridgehead atoms. The largest absolute Gasteiger partial charge is 0.497 e. The van der Waals surface area contributed by atoms with Crippen LogP contribution >= 0.6 is 0 Å². The summed E-state index contributed by atoms with van der Waals surface area (Å²) in [4.78, 5) is 25.3. The molecule has 8 heteroatoms. The van der Waals surface area contributed by atoms with Gasteiger partial charge < -0.3 is 14.6 Å². The van der Waals surface area contributed by atoms with Gasteiger partial charge in [-0.3, -0.25) is 14.4 Å². The van der Waals surface area contributed by atoms with Crippen molar-refractivity contribution >= 4 is 5.91 Å². The van der Waals surface area contributed by atoms with Crippen LogP contribution in [0, 0.1) is 11.8 Å². The summed E-state index contributed by atoms with van der Waals surface area (Å²) in [5.41, 5.74) is 2.91. The van der Waals surface area contributed by atoms with Gasteiger partial charge in [-0.25, -0.2) is 4.98 Å². The minimum absolute atomic E-state index is 0.0371. The number of nitrogens with zero attached hydrogens (tertiary/aromatic N) is 5. The van der Waals surface area contributed by atoms with Gasteiger partial charge in [-0.15, -0.1) is 0 Å². The topological polar surface area (TPSA) is 79.3 Å². The number of aromatic nitrogens is 4. The predicted molar refractivity (Wildman–Crippen MR) is 111 cm³/mol. The fraction of sp³-hybridized carbons (Fsp3) is 0.409. The molecular formula is C22H26N6O2. The van der Waals surface area contributed by atoms with E-state index in [1.54, 1.807) is 30.4 Å². The minimum atomic E-state index is 0.0371. The van der Waals surface area contributed by atoms with Crippen LogP contribution in [0.15, 0.2) is 49.1 Å². The van der Waals surface area contributed by atoms with Crippen molar-refractivity contribution in [3.8, 4) is 5.75 Å². The highest BCUT2D eigenvalue weighted by Crippen LogP contribution is 2.46. The van der Waals surface area contributed by atoms with Crippen molar-refractivity contribution in [2.24, 2.45) is 18.9 Å². The number of carbonyl (C=O) groups excluding carboxylic acids is 1. The van der Waals surface area contributed by atoms with Gasteiger partial charge in [-0.2, -0.15) is 5.10 Å². The summed E-state index contributed by atoms with van der Waals surface area (Å²) in [6, 6.07) is 9.97. The van der Waals surface area contributed by atoms with Gasteiger partial charge in [0, 0.05) is 57.2 Å². The summed E-state index contributed by atoms with van der Waals surface area (Å²) < 4.78 is 6.99. The summed E-state index contributed by atoms with van der Waals surface area (Å²) in [7, 11) is 3.49. The lowest BCUT2D eigenvalue weighted by Crippen LogP contribution is -2.36. The van der Waals surface area contributed by atoms with Crippen LogP contribution in [0.2, 0.25) is 0 Å². The average molecular weight is 406 g/mol. The maximum absolute atomic E-state index is 13.4. The summed E-state index contributed by atoms with van der Waals surface area (Å²) in [5.74, 6) is 1.70. The fourth-order valence-electron chi connectivity index (χ4n) is 5.05. The second-order valence-electron chi connectivity index (χ2n) is 8.21. The van der Waals surface area contributed by atoms with Gasteiger partial charge in [-0.1, -0.05) is 12.1 Å². The van der Waals surface area contributed by atoms with Crippen LogP contribution in [0.5, 0.6) is 5.75 Å². The van der Waals surface area contributed by atoms with Crippen molar-refractivity contribution in [1.29, 1.82) is 0 Å². The van der Waals surface area contributed by atoms with Crippen molar-refractivity contribution in [3.05, 3.63) is 66.0 Å². The van der Waals surface area contributed by atoms with Crippen molar-refractivity contribution in [3.63, 3.8) is 0 Å². The third-order valence-electron chi connectivity index (χ3n) is 6.45. The van der Waals surface area contributed by atoms with Gasteiger partial charge in [0.1, 0.15) is 11.4 Å². The molecule has 8 nitrogen and oxygen atoms in total. The molecule has 2 aliphatic rings. The van der Waals surface area contributed by atoms with E-state index in [9.17, 15) is 4.79 Å². The van der Waals surface area contributed by atoms with Gasteiger partial charge in [-0.05, 0) is 29.7 Å². The third-order valence-corrected chi connectivity index (χ3v) is 6.45. The molecule has 4 heterocycles. The van der Waals surface area contributed by atoms with Crippen LogP contribution < -0.4 is 4.74 Å². The number of nitrogens with one attached hydrogen (secondary N) is 1. The molecule has 2 aromatic heterocycles. The molecule has 0 spiro atoms. The van der Waals surface area contributed by atoms with E-state index in [2.05, 4.69) is 32.1 Å². The van der Waals surface area contributed by atoms with Crippen molar-refractivity contribution in [1.82, 2.24) is 29.5 Å².